The Kier molecular flexibility index (Phi) is 2.92. The van der Waals surface area contributed by atoms with E-state index in [9.17, 15) is 0 Å². The third kappa shape index (κ3) is 1.95. The van der Waals surface area contributed by atoms with Crippen LogP contribution >= 0.6 is 0 Å². The number of nitrogens with two attached hydrogens (primary N) is 2. The molecule has 0 bridgehead atoms. The summed E-state index contributed by atoms with van der Waals surface area (Å²) in [7, 11) is 0. The normalized spacial score (nSPS) is 27.1. The smallest absolute Gasteiger partial charge is 0.223 e. The van der Waals surface area contributed by atoms with E-state index in [1.54, 1.807) is 0 Å². The number of nitrogens with zero attached hydrogens (tertiary/aromatic N) is 3. The van der Waals surface area contributed by atoms with Gasteiger partial charge in [0.25, 0.3) is 0 Å². The molecule has 2 aliphatic rings. The molecule has 7 heteroatoms. The molecule has 1 aromatic rings. The van der Waals surface area contributed by atoms with Crippen molar-refractivity contribution in [1.29, 1.82) is 0 Å². The van der Waals surface area contributed by atoms with Crippen molar-refractivity contribution in [2.75, 3.05) is 29.2 Å². The molecular weight excluding hydrogens is 232 g/mol. The molecule has 5 N–H and O–H groups in total. The Morgan fingerprint density at radius 1 is 1.39 bits per heavy atom. The van der Waals surface area contributed by atoms with Crippen LogP contribution < -0.4 is 21.9 Å². The predicted octanol–water partition coefficient (Wildman–Crippen LogP) is 0.102. The van der Waals surface area contributed by atoms with Crippen molar-refractivity contribution in [3.8, 4) is 0 Å². The molecule has 0 aromatic carbocycles. The molecule has 1 saturated heterocycles. The number of anilines is 3. The van der Waals surface area contributed by atoms with Gasteiger partial charge in [-0.25, -0.2) is 5.84 Å². The maximum Gasteiger partial charge on any atom is 0.223 e. The van der Waals surface area contributed by atoms with Crippen LogP contribution in [0.5, 0.6) is 0 Å². The minimum atomic E-state index is 0.237. The molecule has 98 valence electrons. The SMILES string of the molecule is NNc1cc(N2CCOC3CCCC32)nc(N)n1. The topological polar surface area (TPSA) is 102 Å². The van der Waals surface area contributed by atoms with Crippen LogP contribution in [0.1, 0.15) is 19.3 Å². The molecule has 18 heavy (non-hydrogen) atoms. The number of hydrazine groups is 1. The van der Waals surface area contributed by atoms with Gasteiger partial charge in [0.05, 0.1) is 18.8 Å². The molecule has 2 heterocycles. The molecule has 2 fully saturated rings. The number of fused-ring (bicyclic) bond motifs is 1. The van der Waals surface area contributed by atoms with Gasteiger partial charge < -0.3 is 20.8 Å². The maximum absolute atomic E-state index is 5.78. The van der Waals surface area contributed by atoms with E-state index in [1.807, 2.05) is 6.07 Å². The summed E-state index contributed by atoms with van der Waals surface area (Å²) in [5.41, 5.74) is 8.22. The monoisotopic (exact) mass is 250 g/mol. The Hall–Kier alpha value is -1.60. The van der Waals surface area contributed by atoms with Crippen molar-refractivity contribution in [3.63, 3.8) is 0 Å². The van der Waals surface area contributed by atoms with Crippen LogP contribution in [0.2, 0.25) is 0 Å². The van der Waals surface area contributed by atoms with Gasteiger partial charge in [0.15, 0.2) is 0 Å². The molecular formula is C11H18N6O. The molecule has 7 nitrogen and oxygen atoms in total. The van der Waals surface area contributed by atoms with Gasteiger partial charge >= 0.3 is 0 Å². The number of rotatable bonds is 2. The molecule has 3 rings (SSSR count). The second-order valence-corrected chi connectivity index (χ2v) is 4.71. The molecule has 2 atom stereocenters. The molecule has 2 unspecified atom stereocenters. The largest absolute Gasteiger partial charge is 0.374 e. The third-order valence-corrected chi connectivity index (χ3v) is 3.65. The summed E-state index contributed by atoms with van der Waals surface area (Å²) in [6, 6.07) is 2.23. The zero-order valence-electron chi connectivity index (χ0n) is 10.2. The van der Waals surface area contributed by atoms with Gasteiger partial charge in [-0.05, 0) is 19.3 Å². The number of nitrogens with one attached hydrogen (secondary N) is 1. The summed E-state index contributed by atoms with van der Waals surface area (Å²) in [5, 5.41) is 0. The predicted molar refractivity (Wildman–Crippen MR) is 69.0 cm³/mol. The fourth-order valence-corrected chi connectivity index (χ4v) is 2.88. The van der Waals surface area contributed by atoms with Crippen LogP contribution in [0, 0.1) is 0 Å². The lowest BCUT2D eigenvalue weighted by Crippen LogP contribution is -2.49. The van der Waals surface area contributed by atoms with Gasteiger partial charge in [-0.1, -0.05) is 0 Å². The summed E-state index contributed by atoms with van der Waals surface area (Å²) in [5.74, 6) is 6.99. The number of hydrogen-bond acceptors (Lipinski definition) is 7. The lowest BCUT2D eigenvalue weighted by Gasteiger charge is -2.38. The minimum Gasteiger partial charge on any atom is -0.374 e. The van der Waals surface area contributed by atoms with E-state index in [-0.39, 0.29) is 5.95 Å². The van der Waals surface area contributed by atoms with E-state index in [1.165, 1.54) is 6.42 Å². The maximum atomic E-state index is 5.78. The standard InChI is InChI=1S/C11H18N6O/c12-11-14-9(16-13)6-10(15-11)17-4-5-18-8-3-1-2-7(8)17/h6-8H,1-5,13H2,(H3,12,14,15,16). The highest BCUT2D eigenvalue weighted by Crippen LogP contribution is 2.32. The molecule has 1 saturated carbocycles. The van der Waals surface area contributed by atoms with Gasteiger partial charge in [0.1, 0.15) is 11.6 Å². The van der Waals surface area contributed by atoms with Gasteiger partial charge in [-0.15, -0.1) is 0 Å². The zero-order valence-corrected chi connectivity index (χ0v) is 10.2. The van der Waals surface area contributed by atoms with Crippen molar-refractivity contribution in [1.82, 2.24) is 9.97 Å². The number of morpholine rings is 1. The van der Waals surface area contributed by atoms with E-state index in [4.69, 9.17) is 16.3 Å². The van der Waals surface area contributed by atoms with Crippen molar-refractivity contribution in [2.24, 2.45) is 5.84 Å². The van der Waals surface area contributed by atoms with E-state index in [0.717, 1.165) is 31.8 Å². The first-order valence-electron chi connectivity index (χ1n) is 6.27. The number of nitrogen functional groups attached to an aromatic ring is 2. The quantitative estimate of drug-likeness (QED) is 0.505. The van der Waals surface area contributed by atoms with Crippen LogP contribution in [-0.4, -0.2) is 35.3 Å². The molecule has 0 amide bonds. The fraction of sp³-hybridized carbons (Fsp3) is 0.636. The highest BCUT2D eigenvalue weighted by Gasteiger charge is 2.36. The van der Waals surface area contributed by atoms with Crippen molar-refractivity contribution < 1.29 is 4.74 Å². The van der Waals surface area contributed by atoms with Gasteiger partial charge in [-0.2, -0.15) is 9.97 Å². The molecule has 1 aliphatic heterocycles. The summed E-state index contributed by atoms with van der Waals surface area (Å²) in [6.45, 7) is 1.57. The Balaban J connectivity index is 1.90. The van der Waals surface area contributed by atoms with Crippen LogP contribution in [-0.2, 0) is 4.74 Å². The van der Waals surface area contributed by atoms with Crippen LogP contribution in [0.25, 0.3) is 0 Å². The lowest BCUT2D eigenvalue weighted by molar-refractivity contribution is 0.0253. The molecule has 1 aromatic heterocycles. The number of hydrogen-bond donors (Lipinski definition) is 3. The van der Waals surface area contributed by atoms with E-state index < -0.39 is 0 Å². The average Bonchev–Trinajstić information content (AvgIpc) is 2.85. The van der Waals surface area contributed by atoms with Crippen LogP contribution in [0.15, 0.2) is 6.07 Å². The first kappa shape index (κ1) is 11.5. The third-order valence-electron chi connectivity index (χ3n) is 3.65. The summed E-state index contributed by atoms with van der Waals surface area (Å²) >= 11 is 0. The summed E-state index contributed by atoms with van der Waals surface area (Å²) in [6.07, 6.45) is 3.79. The van der Waals surface area contributed by atoms with Crippen molar-refractivity contribution in [3.05, 3.63) is 6.07 Å². The van der Waals surface area contributed by atoms with Crippen LogP contribution in [0.4, 0.5) is 17.6 Å². The van der Waals surface area contributed by atoms with E-state index in [0.29, 0.717) is 18.0 Å². The Labute approximate surface area is 105 Å². The summed E-state index contributed by atoms with van der Waals surface area (Å²) < 4.78 is 5.78. The van der Waals surface area contributed by atoms with Crippen molar-refractivity contribution >= 4 is 17.6 Å². The van der Waals surface area contributed by atoms with Gasteiger partial charge in [0.2, 0.25) is 5.95 Å². The Bertz CT molecular complexity index is 440. The number of ether oxygens (including phenoxy) is 1. The first-order chi connectivity index (χ1) is 8.78. The molecule has 1 aliphatic carbocycles. The highest BCUT2D eigenvalue weighted by molar-refractivity contribution is 5.53. The van der Waals surface area contributed by atoms with Gasteiger partial charge in [-0.3, -0.25) is 0 Å². The van der Waals surface area contributed by atoms with Crippen molar-refractivity contribution in [2.45, 2.75) is 31.4 Å². The second-order valence-electron chi connectivity index (χ2n) is 4.71. The van der Waals surface area contributed by atoms with E-state index in [2.05, 4.69) is 20.3 Å². The fourth-order valence-electron chi connectivity index (χ4n) is 2.88. The van der Waals surface area contributed by atoms with Gasteiger partial charge in [0, 0.05) is 12.6 Å². The minimum absolute atomic E-state index is 0.237. The van der Waals surface area contributed by atoms with Crippen LogP contribution in [0.3, 0.4) is 0 Å². The van der Waals surface area contributed by atoms with E-state index >= 15 is 0 Å². The molecule has 0 spiro atoms. The number of aromatic nitrogens is 2. The Morgan fingerprint density at radius 2 is 2.28 bits per heavy atom. The Morgan fingerprint density at radius 3 is 3.11 bits per heavy atom. The lowest BCUT2D eigenvalue weighted by atomic mass is 10.1. The summed E-state index contributed by atoms with van der Waals surface area (Å²) in [4.78, 5) is 10.6. The first-order valence-corrected chi connectivity index (χ1v) is 6.27. The zero-order chi connectivity index (χ0) is 12.5. The second kappa shape index (κ2) is 4.58. The highest BCUT2D eigenvalue weighted by atomic mass is 16.5. The average molecular weight is 250 g/mol. The molecule has 0 radical (unpaired) electrons.